The van der Waals surface area contributed by atoms with Gasteiger partial charge in [0.05, 0.1) is 11.9 Å². The summed E-state index contributed by atoms with van der Waals surface area (Å²) < 4.78 is 11.2. The summed E-state index contributed by atoms with van der Waals surface area (Å²) >= 11 is 3.97. The van der Waals surface area contributed by atoms with E-state index in [1.54, 1.807) is 0 Å². The van der Waals surface area contributed by atoms with Gasteiger partial charge in [0, 0.05) is 24.7 Å². The Balaban J connectivity index is 1.80. The standard InChI is InChI=1S/C29H45BrO5/c1-8-18-21-13-15(2)11-12-28(21,5)24-23(26(18)35-17(4)31)20-10-9-19(16(3)14-22(32)34-7)29(20,6)27(33)25(24)30/h15-16,18-21,23-26H,8-14H2,1-7H3/t15-,16-,18-,19-,20?,21+,23?,24?,25+,26-,28+,29-/m1/s1. The van der Waals surface area contributed by atoms with Crippen molar-refractivity contribution in [1.29, 1.82) is 0 Å². The number of ketones is 1. The fraction of sp³-hybridized carbons (Fsp3) is 0.897. The number of carbonyl (C=O) groups excluding carboxylic acids is 3. The van der Waals surface area contributed by atoms with Gasteiger partial charge in [0.2, 0.25) is 0 Å². The van der Waals surface area contributed by atoms with Gasteiger partial charge in [-0.25, -0.2) is 0 Å². The monoisotopic (exact) mass is 552 g/mol. The van der Waals surface area contributed by atoms with Gasteiger partial charge >= 0.3 is 11.9 Å². The third-order valence-corrected chi connectivity index (χ3v) is 12.2. The van der Waals surface area contributed by atoms with E-state index < -0.39 is 5.41 Å². The number of ether oxygens (including phenoxy) is 2. The number of rotatable bonds is 5. The molecule has 0 heterocycles. The number of esters is 2. The molecular formula is C29H45BrO5. The molecule has 35 heavy (non-hydrogen) atoms. The quantitative estimate of drug-likeness (QED) is 0.299. The predicted molar refractivity (Wildman–Crippen MR) is 139 cm³/mol. The number of alkyl halides is 1. The average Bonchev–Trinajstić information content (AvgIpc) is 3.16. The second-order valence-corrected chi connectivity index (χ2v) is 13.8. The molecule has 0 amide bonds. The molecule has 0 aromatic heterocycles. The first kappa shape index (κ1) is 27.1. The van der Waals surface area contributed by atoms with Gasteiger partial charge in [0.15, 0.2) is 5.78 Å². The van der Waals surface area contributed by atoms with Crippen molar-refractivity contribution in [3.8, 4) is 0 Å². The molecule has 4 aliphatic rings. The van der Waals surface area contributed by atoms with Gasteiger partial charge in [-0.05, 0) is 78.9 Å². The first-order chi connectivity index (χ1) is 16.4. The lowest BCUT2D eigenvalue weighted by atomic mass is 9.40. The molecule has 0 saturated heterocycles. The van der Waals surface area contributed by atoms with Crippen molar-refractivity contribution in [2.45, 2.75) is 97.4 Å². The molecule has 0 bridgehead atoms. The minimum absolute atomic E-state index is 0.0510. The van der Waals surface area contributed by atoms with E-state index >= 15 is 0 Å². The lowest BCUT2D eigenvalue weighted by molar-refractivity contribution is -0.209. The van der Waals surface area contributed by atoms with Crippen LogP contribution in [0.15, 0.2) is 0 Å². The van der Waals surface area contributed by atoms with Crippen LogP contribution in [0.1, 0.15) is 86.5 Å². The van der Waals surface area contributed by atoms with Crippen LogP contribution in [-0.4, -0.2) is 35.8 Å². The van der Waals surface area contributed by atoms with Crippen molar-refractivity contribution >= 4 is 33.7 Å². The summed E-state index contributed by atoms with van der Waals surface area (Å²) in [6, 6.07) is 0. The Morgan fingerprint density at radius 2 is 1.86 bits per heavy atom. The number of carbonyl (C=O) groups is 3. The van der Waals surface area contributed by atoms with Gasteiger partial charge in [-0.2, -0.15) is 0 Å². The van der Waals surface area contributed by atoms with Gasteiger partial charge < -0.3 is 9.47 Å². The van der Waals surface area contributed by atoms with Crippen molar-refractivity contribution in [2.24, 2.45) is 58.2 Å². The topological polar surface area (TPSA) is 69.7 Å². The third-order valence-electron chi connectivity index (χ3n) is 11.2. The van der Waals surface area contributed by atoms with E-state index in [0.29, 0.717) is 30.0 Å². The first-order valence-electron chi connectivity index (χ1n) is 13.8. The Bertz CT molecular complexity index is 858. The van der Waals surface area contributed by atoms with Crippen LogP contribution < -0.4 is 0 Å². The Morgan fingerprint density at radius 1 is 1.17 bits per heavy atom. The van der Waals surface area contributed by atoms with Crippen LogP contribution in [-0.2, 0) is 23.9 Å². The number of methoxy groups -OCH3 is 1. The van der Waals surface area contributed by atoms with Crippen molar-refractivity contribution in [1.82, 2.24) is 0 Å². The number of hydrogen-bond acceptors (Lipinski definition) is 5. The smallest absolute Gasteiger partial charge is 0.305 e. The SMILES string of the molecule is CC[C@H]1[C@@H](OC(C)=O)C2C3CC[C@H]([C@H](C)CC(=O)OC)[C@@]3(C)C(=O)[C@@H](Br)C2[C@@]2(C)CC[C@@H](C)C[C@@H]12. The van der Waals surface area contributed by atoms with Crippen molar-refractivity contribution in [3.63, 3.8) is 0 Å². The fourth-order valence-corrected chi connectivity index (χ4v) is 11.1. The summed E-state index contributed by atoms with van der Waals surface area (Å²) in [7, 11) is 1.43. The van der Waals surface area contributed by atoms with Gasteiger partial charge in [0.1, 0.15) is 6.10 Å². The van der Waals surface area contributed by atoms with Crippen LogP contribution in [0, 0.1) is 58.2 Å². The van der Waals surface area contributed by atoms with Crippen molar-refractivity contribution in [2.75, 3.05) is 7.11 Å². The van der Waals surface area contributed by atoms with Gasteiger partial charge in [-0.3, -0.25) is 14.4 Å². The molecule has 12 atom stereocenters. The van der Waals surface area contributed by atoms with E-state index in [1.165, 1.54) is 20.5 Å². The Hall–Kier alpha value is -0.910. The molecule has 6 heteroatoms. The van der Waals surface area contributed by atoms with Crippen LogP contribution in [0.5, 0.6) is 0 Å². The molecule has 0 aliphatic heterocycles. The summed E-state index contributed by atoms with van der Waals surface area (Å²) in [4.78, 5) is 38.7. The zero-order valence-corrected chi connectivity index (χ0v) is 24.2. The van der Waals surface area contributed by atoms with E-state index in [9.17, 15) is 14.4 Å². The molecule has 0 radical (unpaired) electrons. The maximum atomic E-state index is 14.3. The second kappa shape index (κ2) is 9.76. The van der Waals surface area contributed by atoms with E-state index in [4.69, 9.17) is 9.47 Å². The number of halogens is 1. The largest absolute Gasteiger partial charge is 0.469 e. The van der Waals surface area contributed by atoms with Crippen molar-refractivity contribution < 1.29 is 23.9 Å². The first-order valence-corrected chi connectivity index (χ1v) is 14.8. The second-order valence-electron chi connectivity index (χ2n) is 12.8. The highest BCUT2D eigenvalue weighted by Crippen LogP contribution is 2.70. The fourth-order valence-electron chi connectivity index (χ4n) is 9.70. The summed E-state index contributed by atoms with van der Waals surface area (Å²) in [6.45, 7) is 12.8. The molecule has 5 nitrogen and oxygen atoms in total. The molecular weight excluding hydrogens is 508 g/mol. The molecule has 3 unspecified atom stereocenters. The molecule has 0 aromatic rings. The van der Waals surface area contributed by atoms with Crippen LogP contribution >= 0.6 is 15.9 Å². The van der Waals surface area contributed by atoms with Crippen LogP contribution in [0.25, 0.3) is 0 Å². The van der Waals surface area contributed by atoms with E-state index in [0.717, 1.165) is 32.1 Å². The average molecular weight is 554 g/mol. The lowest BCUT2D eigenvalue weighted by Crippen LogP contribution is -2.68. The summed E-state index contributed by atoms with van der Waals surface area (Å²) in [5.41, 5.74) is -0.486. The number of hydrogen-bond donors (Lipinski definition) is 0. The van der Waals surface area contributed by atoms with Crippen LogP contribution in [0.4, 0.5) is 0 Å². The van der Waals surface area contributed by atoms with E-state index in [-0.39, 0.29) is 57.9 Å². The Kier molecular flexibility index (Phi) is 7.57. The molecule has 198 valence electrons. The molecule has 4 aliphatic carbocycles. The number of Topliss-reactive ketones (excluding diaryl/α,β-unsaturated/α-hetero) is 1. The lowest BCUT2D eigenvalue weighted by Gasteiger charge is -2.65. The highest BCUT2D eigenvalue weighted by atomic mass is 79.9. The van der Waals surface area contributed by atoms with Gasteiger partial charge in [-0.15, -0.1) is 0 Å². The van der Waals surface area contributed by atoms with Crippen LogP contribution in [0.3, 0.4) is 0 Å². The molecule has 4 rings (SSSR count). The van der Waals surface area contributed by atoms with Crippen LogP contribution in [0.2, 0.25) is 0 Å². The van der Waals surface area contributed by atoms with Gasteiger partial charge in [0.25, 0.3) is 0 Å². The predicted octanol–water partition coefficient (Wildman–Crippen LogP) is 6.21. The maximum Gasteiger partial charge on any atom is 0.305 e. The summed E-state index contributed by atoms with van der Waals surface area (Å²) in [6.07, 6.45) is 6.51. The normalized spacial score (nSPS) is 47.8. The van der Waals surface area contributed by atoms with E-state index in [1.807, 2.05) is 0 Å². The molecule has 0 N–H and O–H groups in total. The highest BCUT2D eigenvalue weighted by Gasteiger charge is 2.70. The highest BCUT2D eigenvalue weighted by molar-refractivity contribution is 9.10. The summed E-state index contributed by atoms with van der Waals surface area (Å²) in [5, 5.41) is 0. The van der Waals surface area contributed by atoms with Crippen molar-refractivity contribution in [3.05, 3.63) is 0 Å². The minimum atomic E-state index is -0.537. The van der Waals surface area contributed by atoms with Gasteiger partial charge in [-0.1, -0.05) is 57.0 Å². The molecule has 0 spiro atoms. The maximum absolute atomic E-state index is 14.3. The number of fused-ring (bicyclic) bond motifs is 5. The molecule has 4 saturated carbocycles. The van der Waals surface area contributed by atoms with E-state index in [2.05, 4.69) is 50.5 Å². The Morgan fingerprint density at radius 3 is 2.46 bits per heavy atom. The third kappa shape index (κ3) is 4.12. The molecule has 4 fully saturated rings. The zero-order valence-electron chi connectivity index (χ0n) is 22.6. The zero-order chi connectivity index (χ0) is 25.9. The minimum Gasteiger partial charge on any atom is -0.469 e. The summed E-state index contributed by atoms with van der Waals surface area (Å²) in [5.74, 6) is 1.97. The Labute approximate surface area is 220 Å². The molecule has 0 aromatic carbocycles.